The molecule has 2 heterocycles. The number of amides is 1. The minimum absolute atomic E-state index is 0.148. The molecular formula is C17H22N2O2S2. The number of rotatable bonds is 6. The highest BCUT2D eigenvalue weighted by Gasteiger charge is 2.22. The molecular weight excluding hydrogens is 328 g/mol. The molecule has 23 heavy (non-hydrogen) atoms. The van der Waals surface area contributed by atoms with Crippen molar-refractivity contribution in [2.75, 3.05) is 5.75 Å². The third-order valence-corrected chi connectivity index (χ3v) is 6.10. The molecule has 1 N–H and O–H groups in total. The molecule has 6 heteroatoms. The van der Waals surface area contributed by atoms with Crippen LogP contribution in [0.4, 0.5) is 0 Å². The number of furan rings is 1. The van der Waals surface area contributed by atoms with Crippen molar-refractivity contribution in [1.82, 2.24) is 10.3 Å². The Hall–Kier alpha value is -1.27. The van der Waals surface area contributed by atoms with Crippen LogP contribution >= 0.6 is 23.1 Å². The first-order chi connectivity index (χ1) is 11.2. The molecule has 124 valence electrons. The van der Waals surface area contributed by atoms with Crippen molar-refractivity contribution in [2.24, 2.45) is 5.92 Å². The highest BCUT2D eigenvalue weighted by atomic mass is 32.2. The Morgan fingerprint density at radius 3 is 3.13 bits per heavy atom. The first-order valence-corrected chi connectivity index (χ1v) is 10.1. The summed E-state index contributed by atoms with van der Waals surface area (Å²) in [4.78, 5) is 16.6. The predicted octanol–water partition coefficient (Wildman–Crippen LogP) is 4.33. The number of aromatic nitrogens is 1. The van der Waals surface area contributed by atoms with Crippen LogP contribution in [0, 0.1) is 5.92 Å². The van der Waals surface area contributed by atoms with E-state index < -0.39 is 0 Å². The summed E-state index contributed by atoms with van der Waals surface area (Å²) in [6.45, 7) is 2.24. The maximum absolute atomic E-state index is 12.1. The lowest BCUT2D eigenvalue weighted by molar-refractivity contribution is -0.119. The summed E-state index contributed by atoms with van der Waals surface area (Å²) < 4.78 is 5.35. The average molecular weight is 351 g/mol. The van der Waals surface area contributed by atoms with E-state index in [4.69, 9.17) is 4.42 Å². The van der Waals surface area contributed by atoms with Gasteiger partial charge < -0.3 is 9.73 Å². The third-order valence-electron chi connectivity index (χ3n) is 4.22. The second-order valence-electron chi connectivity index (χ2n) is 6.05. The molecule has 0 bridgehead atoms. The zero-order valence-corrected chi connectivity index (χ0v) is 14.9. The Kier molecular flexibility index (Phi) is 5.78. The molecule has 1 fully saturated rings. The Morgan fingerprint density at radius 1 is 1.48 bits per heavy atom. The number of nitrogens with zero attached hydrogens (tertiary/aromatic N) is 1. The van der Waals surface area contributed by atoms with Gasteiger partial charge in [-0.15, -0.1) is 23.1 Å². The van der Waals surface area contributed by atoms with Crippen LogP contribution < -0.4 is 5.32 Å². The van der Waals surface area contributed by atoms with Gasteiger partial charge in [-0.25, -0.2) is 4.98 Å². The van der Waals surface area contributed by atoms with Crippen LogP contribution in [0.3, 0.4) is 0 Å². The van der Waals surface area contributed by atoms with E-state index in [1.165, 1.54) is 19.3 Å². The van der Waals surface area contributed by atoms with Gasteiger partial charge in [-0.2, -0.15) is 0 Å². The first kappa shape index (κ1) is 16.6. The average Bonchev–Trinajstić information content (AvgIpc) is 3.20. The summed E-state index contributed by atoms with van der Waals surface area (Å²) in [6.07, 6.45) is 6.53. The molecule has 3 rings (SSSR count). The van der Waals surface area contributed by atoms with Gasteiger partial charge in [-0.1, -0.05) is 19.8 Å². The van der Waals surface area contributed by atoms with Gasteiger partial charge in [0.15, 0.2) is 10.8 Å². The number of hydrogen-bond donors (Lipinski definition) is 1. The number of carbonyl (C=O) groups excluding carboxylic acids is 1. The van der Waals surface area contributed by atoms with Gasteiger partial charge in [0.05, 0.1) is 17.7 Å². The van der Waals surface area contributed by atoms with E-state index in [0.29, 0.717) is 17.7 Å². The van der Waals surface area contributed by atoms with Gasteiger partial charge in [-0.3, -0.25) is 4.79 Å². The Morgan fingerprint density at radius 2 is 2.35 bits per heavy atom. The summed E-state index contributed by atoms with van der Waals surface area (Å²) in [5.74, 6) is 2.81. The van der Waals surface area contributed by atoms with Crippen molar-refractivity contribution in [1.29, 1.82) is 0 Å². The van der Waals surface area contributed by atoms with Crippen LogP contribution in [0.15, 0.2) is 28.2 Å². The van der Waals surface area contributed by atoms with Crippen molar-refractivity contribution in [3.05, 3.63) is 29.5 Å². The molecule has 0 spiro atoms. The highest BCUT2D eigenvalue weighted by molar-refractivity contribution is 7.99. The molecule has 1 aliphatic rings. The van der Waals surface area contributed by atoms with Gasteiger partial charge >= 0.3 is 0 Å². The van der Waals surface area contributed by atoms with E-state index in [1.54, 1.807) is 29.4 Å². The molecule has 4 nitrogen and oxygen atoms in total. The van der Waals surface area contributed by atoms with Crippen LogP contribution in [0.25, 0.3) is 10.8 Å². The minimum Gasteiger partial charge on any atom is -0.462 e. The molecule has 1 saturated carbocycles. The summed E-state index contributed by atoms with van der Waals surface area (Å²) in [5.41, 5.74) is 1.00. The zero-order chi connectivity index (χ0) is 16.1. The second kappa shape index (κ2) is 8.02. The standard InChI is InChI=1S/C17H22N2O2S2/c1-12-5-2-3-6-14(12)19-16(20)11-22-9-13-10-23-17(18-13)15-7-4-8-21-15/h4,7-8,10,12,14H,2-3,5-6,9,11H2,1H3,(H,19,20). The quantitative estimate of drug-likeness (QED) is 0.842. The number of nitrogens with one attached hydrogen (secondary N) is 1. The van der Waals surface area contributed by atoms with Crippen LogP contribution in [-0.2, 0) is 10.5 Å². The minimum atomic E-state index is 0.148. The number of thioether (sulfide) groups is 1. The Balaban J connectivity index is 1.41. The smallest absolute Gasteiger partial charge is 0.230 e. The van der Waals surface area contributed by atoms with Gasteiger partial charge in [0, 0.05) is 17.2 Å². The van der Waals surface area contributed by atoms with Gasteiger partial charge in [-0.05, 0) is 30.9 Å². The van der Waals surface area contributed by atoms with Crippen molar-refractivity contribution in [3.8, 4) is 10.8 Å². The van der Waals surface area contributed by atoms with E-state index in [-0.39, 0.29) is 5.91 Å². The fourth-order valence-corrected chi connectivity index (χ4v) is 4.53. The summed E-state index contributed by atoms with van der Waals surface area (Å²) in [5, 5.41) is 6.12. The lowest BCUT2D eigenvalue weighted by atomic mass is 9.86. The molecule has 1 amide bonds. The molecule has 1 aliphatic carbocycles. The lowest BCUT2D eigenvalue weighted by Gasteiger charge is -2.29. The zero-order valence-electron chi connectivity index (χ0n) is 13.3. The predicted molar refractivity (Wildman–Crippen MR) is 95.5 cm³/mol. The fraction of sp³-hybridized carbons (Fsp3) is 0.529. The van der Waals surface area contributed by atoms with Crippen LogP contribution in [0.5, 0.6) is 0 Å². The lowest BCUT2D eigenvalue weighted by Crippen LogP contribution is -2.41. The monoisotopic (exact) mass is 350 g/mol. The largest absolute Gasteiger partial charge is 0.462 e. The van der Waals surface area contributed by atoms with Crippen LogP contribution in [-0.4, -0.2) is 22.7 Å². The maximum Gasteiger partial charge on any atom is 0.230 e. The van der Waals surface area contributed by atoms with E-state index in [0.717, 1.165) is 28.6 Å². The highest BCUT2D eigenvalue weighted by Crippen LogP contribution is 2.26. The van der Waals surface area contributed by atoms with Crippen molar-refractivity contribution < 1.29 is 9.21 Å². The van der Waals surface area contributed by atoms with E-state index in [2.05, 4.69) is 17.2 Å². The van der Waals surface area contributed by atoms with Crippen LogP contribution in [0.2, 0.25) is 0 Å². The third kappa shape index (κ3) is 4.61. The molecule has 2 aromatic heterocycles. The van der Waals surface area contributed by atoms with E-state index >= 15 is 0 Å². The van der Waals surface area contributed by atoms with Crippen molar-refractivity contribution >= 4 is 29.0 Å². The van der Waals surface area contributed by atoms with Gasteiger partial charge in [0.2, 0.25) is 5.91 Å². The number of hydrogen-bond acceptors (Lipinski definition) is 5. The first-order valence-electron chi connectivity index (χ1n) is 8.08. The molecule has 0 saturated heterocycles. The van der Waals surface area contributed by atoms with Gasteiger partial charge in [0.1, 0.15) is 0 Å². The van der Waals surface area contributed by atoms with Gasteiger partial charge in [0.25, 0.3) is 0 Å². The normalized spacial score (nSPS) is 21.3. The molecule has 0 aromatic carbocycles. The second-order valence-corrected chi connectivity index (χ2v) is 7.89. The summed E-state index contributed by atoms with van der Waals surface area (Å²) in [6, 6.07) is 4.14. The molecule has 2 unspecified atom stereocenters. The summed E-state index contributed by atoms with van der Waals surface area (Å²) >= 11 is 3.19. The maximum atomic E-state index is 12.1. The molecule has 2 aromatic rings. The van der Waals surface area contributed by atoms with E-state index in [9.17, 15) is 4.79 Å². The fourth-order valence-electron chi connectivity index (χ4n) is 2.91. The Bertz CT molecular complexity index is 624. The van der Waals surface area contributed by atoms with Crippen molar-refractivity contribution in [2.45, 2.75) is 44.4 Å². The SMILES string of the molecule is CC1CCCCC1NC(=O)CSCc1csc(-c2ccco2)n1. The number of carbonyl (C=O) groups is 1. The molecule has 0 radical (unpaired) electrons. The van der Waals surface area contributed by atoms with Crippen molar-refractivity contribution in [3.63, 3.8) is 0 Å². The number of thiazole rings is 1. The Labute approximate surface area is 145 Å². The molecule has 2 atom stereocenters. The summed E-state index contributed by atoms with van der Waals surface area (Å²) in [7, 11) is 0. The van der Waals surface area contributed by atoms with E-state index in [1.807, 2.05) is 17.5 Å². The molecule has 0 aliphatic heterocycles. The van der Waals surface area contributed by atoms with Crippen LogP contribution in [0.1, 0.15) is 38.3 Å². The topological polar surface area (TPSA) is 55.1 Å².